The van der Waals surface area contributed by atoms with Crippen LogP contribution in [-0.2, 0) is 22.6 Å². The minimum absolute atomic E-state index is 0.0576. The molecule has 0 unspecified atom stereocenters. The highest BCUT2D eigenvalue weighted by Gasteiger charge is 2.22. The largest absolute Gasteiger partial charge is 0.335 e. The summed E-state index contributed by atoms with van der Waals surface area (Å²) < 4.78 is 0. The molecule has 26 heavy (non-hydrogen) atoms. The molecule has 1 N–H and O–H groups in total. The second kappa shape index (κ2) is 8.39. The molecule has 0 bridgehead atoms. The van der Waals surface area contributed by atoms with Gasteiger partial charge in [-0.2, -0.15) is 0 Å². The van der Waals surface area contributed by atoms with E-state index in [4.69, 9.17) is 23.2 Å². The van der Waals surface area contributed by atoms with Crippen LogP contribution in [0, 0.1) is 0 Å². The molecule has 5 nitrogen and oxygen atoms in total. The second-order valence-electron chi connectivity index (χ2n) is 6.22. The van der Waals surface area contributed by atoms with Gasteiger partial charge in [0, 0.05) is 25.0 Å². The Balaban J connectivity index is 1.52. The van der Waals surface area contributed by atoms with Crippen molar-refractivity contribution < 1.29 is 9.59 Å². The summed E-state index contributed by atoms with van der Waals surface area (Å²) in [7, 11) is 1.62. The highest BCUT2D eigenvalue weighted by atomic mass is 35.5. The third-order valence-corrected chi connectivity index (χ3v) is 5.93. The smallest absolute Gasteiger partial charge is 0.244 e. The Morgan fingerprint density at radius 1 is 1.27 bits per heavy atom. The average molecular weight is 412 g/mol. The number of rotatable bonds is 5. The average Bonchev–Trinajstić information content (AvgIpc) is 3.06. The molecule has 0 radical (unpaired) electrons. The Kier molecular flexibility index (Phi) is 6.19. The van der Waals surface area contributed by atoms with Crippen LogP contribution >= 0.6 is 34.5 Å². The van der Waals surface area contributed by atoms with Crippen LogP contribution in [0.5, 0.6) is 0 Å². The van der Waals surface area contributed by atoms with Crippen LogP contribution in [0.2, 0.25) is 10.0 Å². The van der Waals surface area contributed by atoms with Gasteiger partial charge in [-0.25, -0.2) is 0 Å². The van der Waals surface area contributed by atoms with Gasteiger partial charge in [-0.15, -0.1) is 11.3 Å². The normalized spacial score (nSPS) is 14.0. The van der Waals surface area contributed by atoms with Crippen molar-refractivity contribution in [3.63, 3.8) is 0 Å². The number of para-hydroxylation sites is 1. The van der Waals surface area contributed by atoms with Gasteiger partial charge in [-0.05, 0) is 35.6 Å². The quantitative estimate of drug-likeness (QED) is 0.818. The van der Waals surface area contributed by atoms with Crippen molar-refractivity contribution in [1.29, 1.82) is 0 Å². The van der Waals surface area contributed by atoms with Crippen LogP contribution in [0.15, 0.2) is 29.6 Å². The fourth-order valence-electron chi connectivity index (χ4n) is 2.85. The molecule has 1 aliphatic rings. The molecule has 1 aromatic heterocycles. The van der Waals surface area contributed by atoms with Crippen LogP contribution in [-0.4, -0.2) is 48.3 Å². The van der Waals surface area contributed by atoms with Crippen molar-refractivity contribution in [2.75, 3.05) is 32.0 Å². The van der Waals surface area contributed by atoms with E-state index in [9.17, 15) is 9.59 Å². The van der Waals surface area contributed by atoms with E-state index in [0.717, 1.165) is 19.5 Å². The third kappa shape index (κ3) is 4.57. The predicted octanol–water partition coefficient (Wildman–Crippen LogP) is 3.51. The zero-order valence-electron chi connectivity index (χ0n) is 14.3. The summed E-state index contributed by atoms with van der Waals surface area (Å²) in [5, 5.41) is 5.48. The number of carbonyl (C=O) groups excluding carboxylic acids is 2. The van der Waals surface area contributed by atoms with Gasteiger partial charge in [0.15, 0.2) is 0 Å². The number of amides is 2. The zero-order valence-corrected chi connectivity index (χ0v) is 16.6. The lowest BCUT2D eigenvalue weighted by Crippen LogP contribution is -2.43. The fourth-order valence-corrected chi connectivity index (χ4v) is 4.24. The van der Waals surface area contributed by atoms with Gasteiger partial charge >= 0.3 is 0 Å². The van der Waals surface area contributed by atoms with Crippen LogP contribution in [0.4, 0.5) is 5.69 Å². The number of likely N-dealkylation sites (N-methyl/N-ethyl adjacent to an activating group) is 1. The van der Waals surface area contributed by atoms with E-state index in [-0.39, 0.29) is 18.4 Å². The molecule has 0 fully saturated rings. The number of fused-ring (bicyclic) bond motifs is 1. The summed E-state index contributed by atoms with van der Waals surface area (Å²) in [5.41, 5.74) is 1.66. The summed E-state index contributed by atoms with van der Waals surface area (Å²) >= 11 is 13.9. The van der Waals surface area contributed by atoms with Gasteiger partial charge in [-0.3, -0.25) is 14.5 Å². The van der Waals surface area contributed by atoms with Gasteiger partial charge in [0.2, 0.25) is 11.8 Å². The zero-order chi connectivity index (χ0) is 18.7. The SMILES string of the molecule is CN(CC(=O)Nc1c(Cl)cccc1Cl)C(=O)CN1CCc2sccc2C1. The number of benzene rings is 1. The highest BCUT2D eigenvalue weighted by Crippen LogP contribution is 2.29. The Labute approximate surface area is 166 Å². The number of carbonyl (C=O) groups is 2. The number of nitrogens with one attached hydrogen (secondary N) is 1. The van der Waals surface area contributed by atoms with Gasteiger partial charge in [-0.1, -0.05) is 29.3 Å². The van der Waals surface area contributed by atoms with Gasteiger partial charge < -0.3 is 10.2 Å². The fraction of sp³-hybridized carbons (Fsp3) is 0.333. The van der Waals surface area contributed by atoms with Gasteiger partial charge in [0.05, 0.1) is 28.8 Å². The van der Waals surface area contributed by atoms with E-state index >= 15 is 0 Å². The summed E-state index contributed by atoms with van der Waals surface area (Å²) in [6.45, 7) is 1.87. The Morgan fingerprint density at radius 3 is 2.73 bits per heavy atom. The molecule has 0 saturated heterocycles. The van der Waals surface area contributed by atoms with E-state index in [1.54, 1.807) is 36.6 Å². The molecule has 0 atom stereocenters. The van der Waals surface area contributed by atoms with Crippen molar-refractivity contribution in [3.05, 3.63) is 50.1 Å². The lowest BCUT2D eigenvalue weighted by atomic mass is 10.1. The number of thiophene rings is 1. The topological polar surface area (TPSA) is 52.7 Å². The minimum atomic E-state index is -0.338. The maximum atomic E-state index is 12.4. The lowest BCUT2D eigenvalue weighted by Gasteiger charge is -2.28. The van der Waals surface area contributed by atoms with Crippen molar-refractivity contribution in [2.24, 2.45) is 0 Å². The van der Waals surface area contributed by atoms with E-state index in [1.807, 2.05) is 0 Å². The van der Waals surface area contributed by atoms with Crippen LogP contribution in [0.1, 0.15) is 10.4 Å². The standard InChI is InChI=1S/C18H19Cl2N3O2S/c1-22(10-16(24)21-18-13(19)3-2-4-14(18)20)17(25)11-23-7-5-15-12(9-23)6-8-26-15/h2-4,6,8H,5,7,9-11H2,1H3,(H,21,24). The molecule has 3 rings (SSSR count). The molecule has 0 saturated carbocycles. The molecule has 138 valence electrons. The van der Waals surface area contributed by atoms with Crippen LogP contribution < -0.4 is 5.32 Å². The Hall–Kier alpha value is -1.60. The number of hydrogen-bond acceptors (Lipinski definition) is 4. The van der Waals surface area contributed by atoms with E-state index in [2.05, 4.69) is 21.7 Å². The first-order valence-electron chi connectivity index (χ1n) is 8.19. The second-order valence-corrected chi connectivity index (χ2v) is 8.04. The molecule has 0 spiro atoms. The third-order valence-electron chi connectivity index (χ3n) is 4.28. The molecule has 8 heteroatoms. The molecule has 2 aromatic rings. The van der Waals surface area contributed by atoms with E-state index < -0.39 is 0 Å². The monoisotopic (exact) mass is 411 g/mol. The van der Waals surface area contributed by atoms with E-state index in [0.29, 0.717) is 22.3 Å². The lowest BCUT2D eigenvalue weighted by molar-refractivity contribution is -0.134. The minimum Gasteiger partial charge on any atom is -0.335 e. The highest BCUT2D eigenvalue weighted by molar-refractivity contribution is 7.10. The molecule has 1 aromatic carbocycles. The molecule has 2 heterocycles. The Bertz CT molecular complexity index is 804. The number of anilines is 1. The first-order chi connectivity index (χ1) is 12.4. The summed E-state index contributed by atoms with van der Waals surface area (Å²) in [6.07, 6.45) is 0.968. The summed E-state index contributed by atoms with van der Waals surface area (Å²) in [5.74, 6) is -0.432. The first-order valence-corrected chi connectivity index (χ1v) is 9.83. The first kappa shape index (κ1) is 19.2. The van der Waals surface area contributed by atoms with Crippen molar-refractivity contribution in [1.82, 2.24) is 9.80 Å². The summed E-state index contributed by atoms with van der Waals surface area (Å²) in [4.78, 5) is 29.6. The number of halogens is 2. The molecule has 1 aliphatic heterocycles. The number of hydrogen-bond donors (Lipinski definition) is 1. The van der Waals surface area contributed by atoms with E-state index in [1.165, 1.54) is 15.3 Å². The summed E-state index contributed by atoms with van der Waals surface area (Å²) in [6, 6.07) is 7.11. The molecular weight excluding hydrogens is 393 g/mol. The van der Waals surface area contributed by atoms with Gasteiger partial charge in [0.1, 0.15) is 0 Å². The molecular formula is C18H19Cl2N3O2S. The van der Waals surface area contributed by atoms with Crippen LogP contribution in [0.25, 0.3) is 0 Å². The van der Waals surface area contributed by atoms with Gasteiger partial charge in [0.25, 0.3) is 0 Å². The van der Waals surface area contributed by atoms with Crippen molar-refractivity contribution in [2.45, 2.75) is 13.0 Å². The molecule has 2 amide bonds. The molecule has 0 aliphatic carbocycles. The Morgan fingerprint density at radius 2 is 2.00 bits per heavy atom. The maximum Gasteiger partial charge on any atom is 0.244 e. The predicted molar refractivity (Wildman–Crippen MR) is 106 cm³/mol. The van der Waals surface area contributed by atoms with Crippen molar-refractivity contribution >= 4 is 52.0 Å². The van der Waals surface area contributed by atoms with Crippen LogP contribution in [0.3, 0.4) is 0 Å². The maximum absolute atomic E-state index is 12.4. The van der Waals surface area contributed by atoms with Crippen molar-refractivity contribution in [3.8, 4) is 0 Å². The number of nitrogens with zero attached hydrogens (tertiary/aromatic N) is 2.